The van der Waals surface area contributed by atoms with Gasteiger partial charge in [0.15, 0.2) is 4.87 Å². The van der Waals surface area contributed by atoms with E-state index in [1.54, 1.807) is 23.1 Å². The number of amides is 2. The number of hydrogen-bond donors (Lipinski definition) is 2. The van der Waals surface area contributed by atoms with E-state index in [9.17, 15) is 14.7 Å². The van der Waals surface area contributed by atoms with Gasteiger partial charge in [-0.05, 0) is 23.5 Å². The summed E-state index contributed by atoms with van der Waals surface area (Å²) in [5.74, 6) is -0.482. The summed E-state index contributed by atoms with van der Waals surface area (Å²) in [5, 5.41) is 13.2. The molecule has 2 amide bonds. The normalized spacial score (nSPS) is 32.3. The molecule has 5 nitrogen and oxygen atoms in total. The topological polar surface area (TPSA) is 69.6 Å². The largest absolute Gasteiger partial charge is 0.387 e. The zero-order valence-electron chi connectivity index (χ0n) is 13.7. The van der Waals surface area contributed by atoms with Crippen LogP contribution in [0.5, 0.6) is 0 Å². The number of piperazine rings is 1. The molecule has 6 heteroatoms. The highest BCUT2D eigenvalue weighted by Crippen LogP contribution is 2.49. The summed E-state index contributed by atoms with van der Waals surface area (Å²) in [7, 11) is 0. The molecule has 2 N–H and O–H groups in total. The Morgan fingerprint density at radius 3 is 2.80 bits per heavy atom. The van der Waals surface area contributed by atoms with E-state index in [1.807, 2.05) is 42.7 Å². The van der Waals surface area contributed by atoms with Crippen LogP contribution < -0.4 is 5.32 Å². The average Bonchev–Trinajstić information content (AvgIpc) is 2.98. The number of aliphatic hydroxyl groups excluding tert-OH is 1. The van der Waals surface area contributed by atoms with Gasteiger partial charge in [0.2, 0.25) is 0 Å². The SMILES string of the molecule is CS[C@@]12CC3=CC=C[C@H](O)[C@H]3N1C(=O)/C(=C/c1ccccc1)NC2=O. The van der Waals surface area contributed by atoms with Crippen molar-refractivity contribution in [3.05, 3.63) is 65.4 Å². The zero-order valence-corrected chi connectivity index (χ0v) is 14.5. The maximum atomic E-state index is 13.2. The van der Waals surface area contributed by atoms with Gasteiger partial charge in [0.05, 0.1) is 12.1 Å². The predicted molar refractivity (Wildman–Crippen MR) is 97.3 cm³/mol. The van der Waals surface area contributed by atoms with Gasteiger partial charge in [-0.15, -0.1) is 11.8 Å². The zero-order chi connectivity index (χ0) is 17.6. The van der Waals surface area contributed by atoms with Gasteiger partial charge >= 0.3 is 0 Å². The van der Waals surface area contributed by atoms with Crippen LogP contribution in [0, 0.1) is 0 Å². The summed E-state index contributed by atoms with van der Waals surface area (Å²) in [6, 6.07) is 8.90. The number of nitrogens with one attached hydrogen (secondary N) is 1. The molecule has 0 saturated carbocycles. The van der Waals surface area contributed by atoms with Gasteiger partial charge in [-0.25, -0.2) is 0 Å². The molecule has 1 aromatic carbocycles. The van der Waals surface area contributed by atoms with E-state index in [-0.39, 0.29) is 17.5 Å². The van der Waals surface area contributed by atoms with Gasteiger partial charge in [0.25, 0.3) is 11.8 Å². The van der Waals surface area contributed by atoms with Crippen molar-refractivity contribution in [3.63, 3.8) is 0 Å². The molecular formula is C19H18N2O3S. The van der Waals surface area contributed by atoms with E-state index < -0.39 is 17.0 Å². The number of benzene rings is 1. The second-order valence-electron chi connectivity index (χ2n) is 6.33. The van der Waals surface area contributed by atoms with E-state index in [1.165, 1.54) is 11.8 Å². The lowest BCUT2D eigenvalue weighted by Crippen LogP contribution is -2.64. The van der Waals surface area contributed by atoms with Crippen molar-refractivity contribution < 1.29 is 14.7 Å². The number of rotatable bonds is 2. The minimum atomic E-state index is -1.01. The Balaban J connectivity index is 1.79. The third-order valence-electron chi connectivity index (χ3n) is 4.93. The Morgan fingerprint density at radius 2 is 2.08 bits per heavy atom. The van der Waals surface area contributed by atoms with Crippen LogP contribution in [0.15, 0.2) is 59.8 Å². The number of hydrogen-bond acceptors (Lipinski definition) is 4. The van der Waals surface area contributed by atoms with Gasteiger partial charge in [0.1, 0.15) is 5.70 Å². The molecule has 2 heterocycles. The average molecular weight is 354 g/mol. The quantitative estimate of drug-likeness (QED) is 0.793. The van der Waals surface area contributed by atoms with E-state index in [4.69, 9.17) is 0 Å². The molecule has 3 aliphatic rings. The molecule has 0 aromatic heterocycles. The van der Waals surface area contributed by atoms with Gasteiger partial charge in [-0.3, -0.25) is 9.59 Å². The first-order chi connectivity index (χ1) is 12.1. The number of allylic oxidation sites excluding steroid dienone is 2. The third-order valence-corrected chi connectivity index (χ3v) is 6.14. The monoisotopic (exact) mass is 354 g/mol. The number of nitrogens with zero attached hydrogens (tertiary/aromatic N) is 1. The highest BCUT2D eigenvalue weighted by molar-refractivity contribution is 8.00. The Morgan fingerprint density at radius 1 is 1.32 bits per heavy atom. The third kappa shape index (κ3) is 2.36. The Bertz CT molecular complexity index is 830. The number of carbonyl (C=O) groups is 2. The molecule has 1 aromatic rings. The van der Waals surface area contributed by atoms with Crippen molar-refractivity contribution >= 4 is 29.7 Å². The number of thioether (sulfide) groups is 1. The molecule has 3 atom stereocenters. The molecule has 0 unspecified atom stereocenters. The molecule has 1 aliphatic carbocycles. The first kappa shape index (κ1) is 16.2. The first-order valence-electron chi connectivity index (χ1n) is 8.09. The minimum Gasteiger partial charge on any atom is -0.387 e. The first-order valence-corrected chi connectivity index (χ1v) is 9.31. The fraction of sp³-hybridized carbons (Fsp3) is 0.263. The molecule has 2 aliphatic heterocycles. The van der Waals surface area contributed by atoms with Crippen LogP contribution in [0.4, 0.5) is 0 Å². The van der Waals surface area contributed by atoms with Crippen LogP contribution in [-0.2, 0) is 9.59 Å². The van der Waals surface area contributed by atoms with E-state index in [0.29, 0.717) is 6.42 Å². The summed E-state index contributed by atoms with van der Waals surface area (Å²) in [4.78, 5) is 26.7. The van der Waals surface area contributed by atoms with Crippen LogP contribution in [0.1, 0.15) is 12.0 Å². The number of fused-ring (bicyclic) bond motifs is 3. The van der Waals surface area contributed by atoms with Crippen LogP contribution in [0.3, 0.4) is 0 Å². The van der Waals surface area contributed by atoms with Gasteiger partial charge in [-0.2, -0.15) is 0 Å². The van der Waals surface area contributed by atoms with Crippen molar-refractivity contribution in [3.8, 4) is 0 Å². The lowest BCUT2D eigenvalue weighted by Gasteiger charge is -2.43. The van der Waals surface area contributed by atoms with Crippen molar-refractivity contribution in [2.45, 2.75) is 23.4 Å². The van der Waals surface area contributed by atoms with Crippen LogP contribution >= 0.6 is 11.8 Å². The maximum Gasteiger partial charge on any atom is 0.272 e. The fourth-order valence-corrected chi connectivity index (χ4v) is 4.69. The maximum absolute atomic E-state index is 13.2. The lowest BCUT2D eigenvalue weighted by molar-refractivity contribution is -0.145. The smallest absolute Gasteiger partial charge is 0.272 e. The van der Waals surface area contributed by atoms with Gasteiger partial charge < -0.3 is 15.3 Å². The molecule has 2 saturated heterocycles. The van der Waals surface area contributed by atoms with Crippen molar-refractivity contribution in [2.24, 2.45) is 0 Å². The number of aliphatic hydroxyl groups is 1. The summed E-state index contributed by atoms with van der Waals surface area (Å²) < 4.78 is 0. The molecule has 2 fully saturated rings. The molecular weight excluding hydrogens is 336 g/mol. The second-order valence-corrected chi connectivity index (χ2v) is 7.41. The summed E-state index contributed by atoms with van der Waals surface area (Å²) >= 11 is 1.34. The van der Waals surface area contributed by atoms with E-state index in [2.05, 4.69) is 5.32 Å². The summed E-state index contributed by atoms with van der Waals surface area (Å²) in [5.41, 5.74) is 1.99. The molecule has 0 radical (unpaired) electrons. The molecule has 25 heavy (non-hydrogen) atoms. The van der Waals surface area contributed by atoms with Gasteiger partial charge in [0, 0.05) is 6.42 Å². The summed E-state index contributed by atoms with van der Waals surface area (Å²) in [6.45, 7) is 0. The molecule has 128 valence electrons. The van der Waals surface area contributed by atoms with Crippen LogP contribution in [0.2, 0.25) is 0 Å². The highest BCUT2D eigenvalue weighted by Gasteiger charge is 2.60. The van der Waals surface area contributed by atoms with Crippen LogP contribution in [0.25, 0.3) is 6.08 Å². The molecule has 4 rings (SSSR count). The Labute approximate surface area is 150 Å². The van der Waals surface area contributed by atoms with Crippen molar-refractivity contribution in [1.29, 1.82) is 0 Å². The van der Waals surface area contributed by atoms with E-state index in [0.717, 1.165) is 11.1 Å². The van der Waals surface area contributed by atoms with E-state index >= 15 is 0 Å². The van der Waals surface area contributed by atoms with Crippen molar-refractivity contribution in [1.82, 2.24) is 10.2 Å². The second kappa shape index (κ2) is 5.89. The fourth-order valence-electron chi connectivity index (χ4n) is 3.74. The molecule has 0 bridgehead atoms. The standard InChI is InChI=1S/C19H18N2O3S/c1-25-19-11-13-8-5-9-15(22)16(13)21(19)17(23)14(20-18(19)24)10-12-6-3-2-4-7-12/h2-10,15-16,22H,11H2,1H3,(H,20,24)/b14-10-/t15-,16-,19+/m0/s1. The highest BCUT2D eigenvalue weighted by atomic mass is 32.2. The Hall–Kier alpha value is -2.31. The molecule has 0 spiro atoms. The van der Waals surface area contributed by atoms with Crippen molar-refractivity contribution in [2.75, 3.05) is 6.26 Å². The number of carbonyl (C=O) groups excluding carboxylic acids is 2. The van der Waals surface area contributed by atoms with Gasteiger partial charge in [-0.1, -0.05) is 48.6 Å². The predicted octanol–water partition coefficient (Wildman–Crippen LogP) is 1.67. The Kier molecular flexibility index (Phi) is 3.81. The minimum absolute atomic E-state index is 0.218. The lowest BCUT2D eigenvalue weighted by atomic mass is 9.97. The summed E-state index contributed by atoms with van der Waals surface area (Å²) in [6.07, 6.45) is 8.46. The van der Waals surface area contributed by atoms with Crippen LogP contribution in [-0.4, -0.2) is 45.1 Å².